The molecular weight excluding hydrogens is 294 g/mol. The van der Waals surface area contributed by atoms with Gasteiger partial charge in [0.1, 0.15) is 5.75 Å². The Hall–Kier alpha value is -2.40. The molecule has 1 aliphatic rings. The van der Waals surface area contributed by atoms with E-state index in [9.17, 15) is 4.79 Å². The summed E-state index contributed by atoms with van der Waals surface area (Å²) in [7, 11) is 1.53. The number of hydrogen-bond donors (Lipinski definition) is 1. The lowest BCUT2D eigenvalue weighted by atomic mass is 10.1. The van der Waals surface area contributed by atoms with Crippen LogP contribution < -0.4 is 19.5 Å². The monoisotopic (exact) mass is 305 g/mol. The maximum Gasteiger partial charge on any atom is 0.259 e. The number of carbonyl (C=O) groups is 1. The number of ether oxygens (including phenoxy) is 3. The van der Waals surface area contributed by atoms with Crippen LogP contribution in [0.5, 0.6) is 17.2 Å². The third-order valence-electron chi connectivity index (χ3n) is 3.05. The number of nitrogens with one attached hydrogen (secondary N) is 1. The minimum atomic E-state index is -0.293. The maximum atomic E-state index is 12.3. The lowest BCUT2D eigenvalue weighted by Gasteiger charge is -2.09. The predicted octanol–water partition coefficient (Wildman–Crippen LogP) is 3.33. The van der Waals surface area contributed by atoms with Crippen molar-refractivity contribution in [3.8, 4) is 17.2 Å². The number of anilines is 1. The van der Waals surface area contributed by atoms with E-state index < -0.39 is 0 Å². The van der Waals surface area contributed by atoms with E-state index >= 15 is 0 Å². The Balaban J connectivity index is 1.84. The summed E-state index contributed by atoms with van der Waals surface area (Å²) in [6, 6.07) is 10.2. The van der Waals surface area contributed by atoms with Crippen molar-refractivity contribution in [2.45, 2.75) is 0 Å². The standard InChI is InChI=1S/C15H12ClNO4/c1-19-12-6-5-9(7-11(12)16)17-15(18)10-3-2-4-13-14(10)21-8-20-13/h2-7H,8H2,1H3,(H,17,18). The van der Waals surface area contributed by atoms with Gasteiger partial charge in [0, 0.05) is 5.69 Å². The molecule has 108 valence electrons. The highest BCUT2D eigenvalue weighted by Crippen LogP contribution is 2.36. The fraction of sp³-hybridized carbons (Fsp3) is 0.133. The molecule has 21 heavy (non-hydrogen) atoms. The number of hydrogen-bond acceptors (Lipinski definition) is 4. The van der Waals surface area contributed by atoms with Gasteiger partial charge >= 0.3 is 0 Å². The molecule has 0 radical (unpaired) electrons. The summed E-state index contributed by atoms with van der Waals surface area (Å²) < 4.78 is 15.6. The summed E-state index contributed by atoms with van der Waals surface area (Å²) in [4.78, 5) is 12.3. The smallest absolute Gasteiger partial charge is 0.259 e. The first kappa shape index (κ1) is 13.6. The third-order valence-corrected chi connectivity index (χ3v) is 3.35. The molecule has 0 spiro atoms. The van der Waals surface area contributed by atoms with Crippen molar-refractivity contribution in [1.29, 1.82) is 0 Å². The zero-order valence-electron chi connectivity index (χ0n) is 11.2. The second kappa shape index (κ2) is 5.54. The molecule has 1 N–H and O–H groups in total. The highest BCUT2D eigenvalue weighted by molar-refractivity contribution is 6.32. The van der Waals surface area contributed by atoms with Gasteiger partial charge in [-0.1, -0.05) is 17.7 Å². The van der Waals surface area contributed by atoms with Crippen LogP contribution >= 0.6 is 11.6 Å². The summed E-state index contributed by atoms with van der Waals surface area (Å²) in [5.74, 6) is 1.27. The minimum Gasteiger partial charge on any atom is -0.495 e. The number of carbonyl (C=O) groups excluding carboxylic acids is 1. The molecule has 0 aromatic heterocycles. The summed E-state index contributed by atoms with van der Waals surface area (Å²) >= 11 is 6.03. The number of benzene rings is 2. The van der Waals surface area contributed by atoms with E-state index in [-0.39, 0.29) is 12.7 Å². The van der Waals surface area contributed by atoms with Crippen LogP contribution in [0.4, 0.5) is 5.69 Å². The van der Waals surface area contributed by atoms with Crippen LogP contribution in [-0.4, -0.2) is 19.8 Å². The Morgan fingerprint density at radius 3 is 2.90 bits per heavy atom. The Morgan fingerprint density at radius 2 is 2.14 bits per heavy atom. The van der Waals surface area contributed by atoms with E-state index in [0.717, 1.165) is 0 Å². The molecule has 2 aromatic rings. The van der Waals surface area contributed by atoms with Crippen molar-refractivity contribution in [3.63, 3.8) is 0 Å². The molecule has 1 aliphatic heterocycles. The SMILES string of the molecule is COc1ccc(NC(=O)c2cccc3c2OCO3)cc1Cl. The number of methoxy groups -OCH3 is 1. The zero-order chi connectivity index (χ0) is 14.8. The minimum absolute atomic E-state index is 0.119. The molecule has 0 bridgehead atoms. The second-order valence-electron chi connectivity index (χ2n) is 4.34. The maximum absolute atomic E-state index is 12.3. The Morgan fingerprint density at radius 1 is 1.29 bits per heavy atom. The van der Waals surface area contributed by atoms with Gasteiger partial charge in [-0.25, -0.2) is 0 Å². The summed E-state index contributed by atoms with van der Waals surface area (Å²) in [6.45, 7) is 0.119. The first-order chi connectivity index (χ1) is 10.2. The van der Waals surface area contributed by atoms with Crippen LogP contribution in [0.25, 0.3) is 0 Å². The predicted molar refractivity (Wildman–Crippen MR) is 78.5 cm³/mol. The molecule has 0 saturated heterocycles. The molecule has 0 unspecified atom stereocenters. The van der Waals surface area contributed by atoms with Crippen molar-refractivity contribution in [2.75, 3.05) is 19.2 Å². The number of para-hydroxylation sites is 1. The van der Waals surface area contributed by atoms with Crippen molar-refractivity contribution in [2.24, 2.45) is 0 Å². The van der Waals surface area contributed by atoms with Gasteiger partial charge < -0.3 is 19.5 Å². The molecule has 3 rings (SSSR count). The molecule has 5 nitrogen and oxygen atoms in total. The largest absolute Gasteiger partial charge is 0.495 e. The molecule has 0 aliphatic carbocycles. The normalized spacial score (nSPS) is 12.1. The molecule has 1 heterocycles. The van der Waals surface area contributed by atoms with E-state index in [4.69, 9.17) is 25.8 Å². The van der Waals surface area contributed by atoms with Gasteiger partial charge in [-0.3, -0.25) is 4.79 Å². The summed E-state index contributed by atoms with van der Waals surface area (Å²) in [6.07, 6.45) is 0. The Bertz CT molecular complexity index is 702. The van der Waals surface area contributed by atoms with Gasteiger partial charge in [0.25, 0.3) is 5.91 Å². The van der Waals surface area contributed by atoms with Crippen LogP contribution in [0, 0.1) is 0 Å². The summed E-state index contributed by atoms with van der Waals surface area (Å²) in [5, 5.41) is 3.19. The van der Waals surface area contributed by atoms with Gasteiger partial charge in [-0.15, -0.1) is 0 Å². The highest BCUT2D eigenvalue weighted by atomic mass is 35.5. The molecule has 2 aromatic carbocycles. The van der Waals surface area contributed by atoms with Gasteiger partial charge in [0.2, 0.25) is 6.79 Å². The van der Waals surface area contributed by atoms with Crippen molar-refractivity contribution in [1.82, 2.24) is 0 Å². The highest BCUT2D eigenvalue weighted by Gasteiger charge is 2.21. The Labute approximate surface area is 126 Å². The van der Waals surface area contributed by atoms with Crippen LogP contribution in [0.15, 0.2) is 36.4 Å². The van der Waals surface area contributed by atoms with Crippen LogP contribution in [-0.2, 0) is 0 Å². The third kappa shape index (κ3) is 2.60. The topological polar surface area (TPSA) is 56.8 Å². The number of halogens is 1. The average Bonchev–Trinajstić information content (AvgIpc) is 2.95. The molecular formula is C15H12ClNO4. The second-order valence-corrected chi connectivity index (χ2v) is 4.75. The zero-order valence-corrected chi connectivity index (χ0v) is 11.9. The first-order valence-electron chi connectivity index (χ1n) is 6.22. The molecule has 0 saturated carbocycles. The van der Waals surface area contributed by atoms with Gasteiger partial charge in [-0.05, 0) is 30.3 Å². The Kier molecular flexibility index (Phi) is 3.58. The molecule has 1 amide bonds. The molecule has 0 fully saturated rings. The van der Waals surface area contributed by atoms with E-state index in [0.29, 0.717) is 33.5 Å². The first-order valence-corrected chi connectivity index (χ1v) is 6.60. The van der Waals surface area contributed by atoms with Crippen molar-refractivity contribution < 1.29 is 19.0 Å². The number of fused-ring (bicyclic) bond motifs is 1. The lowest BCUT2D eigenvalue weighted by Crippen LogP contribution is -2.12. The number of amides is 1. The fourth-order valence-electron chi connectivity index (χ4n) is 2.05. The van der Waals surface area contributed by atoms with Gasteiger partial charge in [0.05, 0.1) is 17.7 Å². The molecule has 0 atom stereocenters. The van der Waals surface area contributed by atoms with Crippen molar-refractivity contribution in [3.05, 3.63) is 47.0 Å². The fourth-order valence-corrected chi connectivity index (χ4v) is 2.31. The van der Waals surface area contributed by atoms with E-state index in [1.54, 1.807) is 36.4 Å². The van der Waals surface area contributed by atoms with E-state index in [1.807, 2.05) is 0 Å². The van der Waals surface area contributed by atoms with Crippen LogP contribution in [0.3, 0.4) is 0 Å². The average molecular weight is 306 g/mol. The van der Waals surface area contributed by atoms with E-state index in [2.05, 4.69) is 5.32 Å². The summed E-state index contributed by atoms with van der Waals surface area (Å²) in [5.41, 5.74) is 0.985. The quantitative estimate of drug-likeness (QED) is 0.945. The number of rotatable bonds is 3. The van der Waals surface area contributed by atoms with E-state index in [1.165, 1.54) is 7.11 Å². The van der Waals surface area contributed by atoms with Gasteiger partial charge in [-0.2, -0.15) is 0 Å². The van der Waals surface area contributed by atoms with Gasteiger partial charge in [0.15, 0.2) is 11.5 Å². The van der Waals surface area contributed by atoms with Crippen LogP contribution in [0.1, 0.15) is 10.4 Å². The van der Waals surface area contributed by atoms with Crippen molar-refractivity contribution >= 4 is 23.2 Å². The lowest BCUT2D eigenvalue weighted by molar-refractivity contribution is 0.102. The van der Waals surface area contributed by atoms with Crippen LogP contribution in [0.2, 0.25) is 5.02 Å². The molecule has 6 heteroatoms.